The molecule has 0 saturated carbocycles. The van der Waals surface area contributed by atoms with E-state index in [1.165, 1.54) is 27.3 Å². The maximum Gasteiger partial charge on any atom is 0.243 e. The van der Waals surface area contributed by atoms with E-state index in [0.29, 0.717) is 11.4 Å². The van der Waals surface area contributed by atoms with Crippen molar-refractivity contribution in [2.75, 3.05) is 6.54 Å². The molecule has 0 fully saturated rings. The summed E-state index contributed by atoms with van der Waals surface area (Å²) in [5.41, 5.74) is 1.17. The highest BCUT2D eigenvalue weighted by Crippen LogP contribution is 2.24. The Morgan fingerprint density at radius 1 is 1.20 bits per heavy atom. The first-order chi connectivity index (χ1) is 9.48. The highest BCUT2D eigenvalue weighted by molar-refractivity contribution is 7.89. The van der Waals surface area contributed by atoms with Gasteiger partial charge in [0.1, 0.15) is 5.82 Å². The fraction of sp³-hybridized carbons (Fsp3) is 0.167. The van der Waals surface area contributed by atoms with Gasteiger partial charge in [-0.15, -0.1) is 5.10 Å². The molecule has 0 bridgehead atoms. The summed E-state index contributed by atoms with van der Waals surface area (Å²) < 4.78 is 40.7. The van der Waals surface area contributed by atoms with Gasteiger partial charge in [0.05, 0.1) is 35.6 Å². The van der Waals surface area contributed by atoms with E-state index in [1.54, 1.807) is 0 Å². The quantitative estimate of drug-likeness (QED) is 0.831. The average molecular weight is 294 g/mol. The summed E-state index contributed by atoms with van der Waals surface area (Å²) in [6.07, 6.45) is 1.50. The highest BCUT2D eigenvalue weighted by atomic mass is 32.2. The summed E-state index contributed by atoms with van der Waals surface area (Å²) in [4.78, 5) is 0.0487. The summed E-state index contributed by atoms with van der Waals surface area (Å²) in [7, 11) is -3.70. The van der Waals surface area contributed by atoms with Crippen LogP contribution >= 0.6 is 0 Å². The molecule has 1 aliphatic rings. The van der Waals surface area contributed by atoms with E-state index in [0.717, 1.165) is 12.1 Å². The van der Waals surface area contributed by atoms with Crippen molar-refractivity contribution in [1.29, 1.82) is 0 Å². The fourth-order valence-electron chi connectivity index (χ4n) is 2.06. The van der Waals surface area contributed by atoms with Crippen LogP contribution < -0.4 is 0 Å². The van der Waals surface area contributed by atoms with Gasteiger partial charge in [-0.05, 0) is 24.3 Å². The maximum absolute atomic E-state index is 12.9. The molecule has 2 heterocycles. The van der Waals surface area contributed by atoms with Crippen LogP contribution in [0.2, 0.25) is 0 Å². The van der Waals surface area contributed by atoms with Crippen LogP contribution in [0.25, 0.3) is 5.70 Å². The van der Waals surface area contributed by atoms with Gasteiger partial charge in [0.15, 0.2) is 0 Å². The van der Waals surface area contributed by atoms with Gasteiger partial charge in [0, 0.05) is 0 Å². The molecule has 6 nitrogen and oxygen atoms in total. The molecule has 0 aliphatic carbocycles. The van der Waals surface area contributed by atoms with Crippen LogP contribution in [0.4, 0.5) is 4.39 Å². The van der Waals surface area contributed by atoms with Crippen molar-refractivity contribution in [3.05, 3.63) is 48.6 Å². The first kappa shape index (κ1) is 12.9. The average Bonchev–Trinajstić information content (AvgIpc) is 2.88. The molecule has 0 amide bonds. The number of fused-ring (bicyclic) bond motifs is 1. The molecule has 1 aromatic carbocycles. The Labute approximate surface area is 115 Å². The van der Waals surface area contributed by atoms with Gasteiger partial charge >= 0.3 is 0 Å². The Kier molecular flexibility index (Phi) is 2.91. The molecule has 0 radical (unpaired) electrons. The van der Waals surface area contributed by atoms with E-state index < -0.39 is 15.8 Å². The maximum atomic E-state index is 12.9. The van der Waals surface area contributed by atoms with E-state index in [4.69, 9.17) is 0 Å². The molecule has 0 saturated heterocycles. The van der Waals surface area contributed by atoms with Crippen LogP contribution in [-0.2, 0) is 16.6 Å². The summed E-state index contributed by atoms with van der Waals surface area (Å²) >= 11 is 0. The molecule has 0 unspecified atom stereocenters. The zero-order chi connectivity index (χ0) is 14.3. The Hall–Kier alpha value is -2.06. The third kappa shape index (κ3) is 2.02. The molecular formula is C12H11FN4O2S. The van der Waals surface area contributed by atoms with Crippen LogP contribution in [-0.4, -0.2) is 34.3 Å². The number of halogens is 1. The summed E-state index contributed by atoms with van der Waals surface area (Å²) in [5.74, 6) is -0.478. The Bertz CT molecular complexity index is 767. The van der Waals surface area contributed by atoms with Crippen molar-refractivity contribution in [1.82, 2.24) is 19.3 Å². The predicted molar refractivity (Wildman–Crippen MR) is 69.3 cm³/mol. The minimum absolute atomic E-state index is 0.0487. The molecule has 104 valence electrons. The normalized spacial score (nSPS) is 16.1. The summed E-state index contributed by atoms with van der Waals surface area (Å²) in [6, 6.07) is 4.74. The number of sulfonamides is 1. The van der Waals surface area contributed by atoms with Crippen LogP contribution in [0.1, 0.15) is 5.69 Å². The van der Waals surface area contributed by atoms with Crippen molar-refractivity contribution in [3.63, 3.8) is 0 Å². The van der Waals surface area contributed by atoms with Crippen molar-refractivity contribution < 1.29 is 12.8 Å². The number of hydrogen-bond acceptors (Lipinski definition) is 4. The third-order valence-electron chi connectivity index (χ3n) is 3.07. The molecule has 8 heteroatoms. The number of aromatic nitrogens is 3. The van der Waals surface area contributed by atoms with Crippen molar-refractivity contribution in [2.45, 2.75) is 11.4 Å². The second-order valence-electron chi connectivity index (χ2n) is 4.43. The fourth-order valence-corrected chi connectivity index (χ4v) is 3.46. The van der Waals surface area contributed by atoms with E-state index in [2.05, 4.69) is 16.9 Å². The van der Waals surface area contributed by atoms with Gasteiger partial charge in [-0.1, -0.05) is 11.8 Å². The molecule has 1 aliphatic heterocycles. The smallest absolute Gasteiger partial charge is 0.220 e. The Balaban J connectivity index is 1.97. The summed E-state index contributed by atoms with van der Waals surface area (Å²) in [6.45, 7) is 4.07. The molecule has 0 atom stereocenters. The lowest BCUT2D eigenvalue weighted by atomic mass is 10.3. The van der Waals surface area contributed by atoms with Gasteiger partial charge in [-0.3, -0.25) is 0 Å². The molecule has 2 aromatic rings. The minimum atomic E-state index is -3.70. The van der Waals surface area contributed by atoms with E-state index in [9.17, 15) is 12.8 Å². The first-order valence-corrected chi connectivity index (χ1v) is 7.26. The zero-order valence-corrected chi connectivity index (χ0v) is 11.2. The van der Waals surface area contributed by atoms with Crippen LogP contribution in [0.3, 0.4) is 0 Å². The van der Waals surface area contributed by atoms with E-state index in [1.807, 2.05) is 0 Å². The lowest BCUT2D eigenvalue weighted by Gasteiger charge is -2.27. The Morgan fingerprint density at radius 3 is 2.60 bits per heavy atom. The standard InChI is InChI=1S/C12H11FN4O2S/c1-9-7-16(8-11-6-14-15-17(9)11)20(18,19)12-4-2-10(13)3-5-12/h2-6H,1,7-8H2. The van der Waals surface area contributed by atoms with Gasteiger partial charge in [-0.2, -0.15) is 4.31 Å². The van der Waals surface area contributed by atoms with E-state index >= 15 is 0 Å². The second kappa shape index (κ2) is 4.50. The van der Waals surface area contributed by atoms with Crippen LogP contribution in [0, 0.1) is 5.82 Å². The van der Waals surface area contributed by atoms with Gasteiger partial charge in [-0.25, -0.2) is 17.5 Å². The molecular weight excluding hydrogens is 283 g/mol. The molecule has 0 N–H and O–H groups in total. The number of benzene rings is 1. The van der Waals surface area contributed by atoms with Gasteiger partial charge in [0.25, 0.3) is 0 Å². The van der Waals surface area contributed by atoms with Crippen molar-refractivity contribution in [3.8, 4) is 0 Å². The predicted octanol–water partition coefficient (Wildman–Crippen LogP) is 1.09. The number of hydrogen-bond donors (Lipinski definition) is 0. The third-order valence-corrected chi connectivity index (χ3v) is 4.87. The number of rotatable bonds is 2. The van der Waals surface area contributed by atoms with Crippen molar-refractivity contribution in [2.24, 2.45) is 0 Å². The van der Waals surface area contributed by atoms with Crippen LogP contribution in [0.15, 0.2) is 41.9 Å². The Morgan fingerprint density at radius 2 is 1.90 bits per heavy atom. The second-order valence-corrected chi connectivity index (χ2v) is 6.37. The van der Waals surface area contributed by atoms with Crippen molar-refractivity contribution >= 4 is 15.7 Å². The lowest BCUT2D eigenvalue weighted by Crippen LogP contribution is -2.37. The minimum Gasteiger partial charge on any atom is -0.220 e. The molecule has 3 rings (SSSR count). The molecule has 0 spiro atoms. The highest BCUT2D eigenvalue weighted by Gasteiger charge is 2.30. The van der Waals surface area contributed by atoms with Crippen LogP contribution in [0.5, 0.6) is 0 Å². The van der Waals surface area contributed by atoms with Gasteiger partial charge < -0.3 is 0 Å². The monoisotopic (exact) mass is 294 g/mol. The topological polar surface area (TPSA) is 68.1 Å². The lowest BCUT2D eigenvalue weighted by molar-refractivity contribution is 0.407. The zero-order valence-electron chi connectivity index (χ0n) is 10.4. The molecule has 20 heavy (non-hydrogen) atoms. The molecule has 1 aromatic heterocycles. The number of nitrogens with zero attached hydrogens (tertiary/aromatic N) is 4. The summed E-state index contributed by atoms with van der Waals surface area (Å²) in [5, 5.41) is 7.57. The SMILES string of the molecule is C=C1CN(S(=O)(=O)c2ccc(F)cc2)Cc2cnnn21. The van der Waals surface area contributed by atoms with E-state index in [-0.39, 0.29) is 18.0 Å². The largest absolute Gasteiger partial charge is 0.243 e. The first-order valence-electron chi connectivity index (χ1n) is 5.82. The van der Waals surface area contributed by atoms with Gasteiger partial charge in [0.2, 0.25) is 10.0 Å².